The Morgan fingerprint density at radius 2 is 2.00 bits per heavy atom. The zero-order valence-corrected chi connectivity index (χ0v) is 10.5. The molecule has 1 N–H and O–H groups in total. The van der Waals surface area contributed by atoms with E-state index in [0.717, 1.165) is 11.5 Å². The second kappa shape index (κ2) is 6.58. The highest BCUT2D eigenvalue weighted by Crippen LogP contribution is 2.12. The molecule has 0 unspecified atom stereocenters. The summed E-state index contributed by atoms with van der Waals surface area (Å²) in [5.74, 6) is 0.880. The molecule has 0 saturated carbocycles. The molecule has 0 aliphatic heterocycles. The Balaban J connectivity index is 2.32. The zero-order valence-electron chi connectivity index (χ0n) is 8.86. The van der Waals surface area contributed by atoms with Gasteiger partial charge in [-0.2, -0.15) is 5.10 Å². The topological polar surface area (TPSA) is 24.4 Å². The minimum atomic E-state index is 0.708. The van der Waals surface area contributed by atoms with E-state index in [0.29, 0.717) is 4.32 Å². The minimum Gasteiger partial charge on any atom is -0.262 e. The van der Waals surface area contributed by atoms with Crippen LogP contribution in [0.25, 0.3) is 0 Å². The number of rotatable bonds is 3. The van der Waals surface area contributed by atoms with Gasteiger partial charge in [-0.1, -0.05) is 54.3 Å². The van der Waals surface area contributed by atoms with Gasteiger partial charge in [-0.05, 0) is 19.4 Å². The minimum absolute atomic E-state index is 0.708. The van der Waals surface area contributed by atoms with Crippen molar-refractivity contribution in [3.8, 4) is 0 Å². The molecule has 1 rings (SSSR count). The van der Waals surface area contributed by atoms with Crippen LogP contribution in [-0.2, 0) is 5.75 Å². The van der Waals surface area contributed by atoms with Crippen LogP contribution in [0.3, 0.4) is 0 Å². The molecule has 80 valence electrons. The Kier molecular flexibility index (Phi) is 5.36. The first-order valence-electron chi connectivity index (χ1n) is 4.66. The van der Waals surface area contributed by atoms with Gasteiger partial charge in [-0.15, -0.1) is 0 Å². The summed E-state index contributed by atoms with van der Waals surface area (Å²) < 4.78 is 0.708. The van der Waals surface area contributed by atoms with E-state index in [9.17, 15) is 0 Å². The van der Waals surface area contributed by atoms with Gasteiger partial charge in [0.05, 0.1) is 0 Å². The molecule has 0 spiro atoms. The number of hydrazone groups is 1. The third kappa shape index (κ3) is 5.54. The van der Waals surface area contributed by atoms with Gasteiger partial charge in [0, 0.05) is 11.5 Å². The number of hydrogen-bond acceptors (Lipinski definition) is 3. The monoisotopic (exact) mass is 238 g/mol. The molecule has 0 fully saturated rings. The number of thioether (sulfide) groups is 1. The van der Waals surface area contributed by atoms with Crippen LogP contribution in [0.1, 0.15) is 19.4 Å². The van der Waals surface area contributed by atoms with Crippen LogP contribution in [0.4, 0.5) is 0 Å². The Morgan fingerprint density at radius 3 is 2.60 bits per heavy atom. The molecule has 0 saturated heterocycles. The predicted molar refractivity (Wildman–Crippen MR) is 72.3 cm³/mol. The maximum absolute atomic E-state index is 5.12. The van der Waals surface area contributed by atoms with Crippen molar-refractivity contribution in [3.63, 3.8) is 0 Å². The smallest absolute Gasteiger partial charge is 0.154 e. The number of benzene rings is 1. The summed E-state index contributed by atoms with van der Waals surface area (Å²) in [4.78, 5) is 0. The lowest BCUT2D eigenvalue weighted by Crippen LogP contribution is -2.12. The molecule has 4 heteroatoms. The summed E-state index contributed by atoms with van der Waals surface area (Å²) in [7, 11) is 0. The van der Waals surface area contributed by atoms with Crippen LogP contribution >= 0.6 is 24.0 Å². The van der Waals surface area contributed by atoms with Crippen molar-refractivity contribution in [2.45, 2.75) is 19.6 Å². The summed E-state index contributed by atoms with van der Waals surface area (Å²) in [6.07, 6.45) is 0. The lowest BCUT2D eigenvalue weighted by Gasteiger charge is -2.03. The molecule has 15 heavy (non-hydrogen) atoms. The molecule has 0 atom stereocenters. The Morgan fingerprint density at radius 1 is 1.33 bits per heavy atom. The highest BCUT2D eigenvalue weighted by atomic mass is 32.2. The fourth-order valence-corrected chi connectivity index (χ4v) is 1.74. The summed E-state index contributed by atoms with van der Waals surface area (Å²) >= 11 is 6.70. The first-order chi connectivity index (χ1) is 7.18. The normalized spacial score (nSPS) is 9.47. The zero-order chi connectivity index (χ0) is 11.1. The van der Waals surface area contributed by atoms with Crippen molar-refractivity contribution < 1.29 is 0 Å². The van der Waals surface area contributed by atoms with Gasteiger partial charge in [-0.25, -0.2) is 0 Å². The number of nitrogens with zero attached hydrogens (tertiary/aromatic N) is 1. The van der Waals surface area contributed by atoms with Gasteiger partial charge in [0.2, 0.25) is 0 Å². The fraction of sp³-hybridized carbons (Fsp3) is 0.273. The van der Waals surface area contributed by atoms with Crippen molar-refractivity contribution in [1.82, 2.24) is 5.43 Å². The number of thiocarbonyl (C=S) groups is 1. The molecule has 0 aliphatic carbocycles. The number of hydrogen-bond donors (Lipinski definition) is 1. The highest BCUT2D eigenvalue weighted by Gasteiger charge is 1.96. The van der Waals surface area contributed by atoms with E-state index >= 15 is 0 Å². The van der Waals surface area contributed by atoms with E-state index < -0.39 is 0 Å². The molecule has 0 amide bonds. The Bertz CT molecular complexity index is 343. The lowest BCUT2D eigenvalue weighted by molar-refractivity contribution is 1.05. The summed E-state index contributed by atoms with van der Waals surface area (Å²) in [6.45, 7) is 3.86. The van der Waals surface area contributed by atoms with Crippen molar-refractivity contribution in [2.24, 2.45) is 5.10 Å². The van der Waals surface area contributed by atoms with Crippen molar-refractivity contribution in [1.29, 1.82) is 0 Å². The standard InChI is InChI=1S/C11H14N2S2/c1-9(2)12-13-11(14)15-8-10-6-4-3-5-7-10/h3-7H,8H2,1-2H3,(H,13,14). The van der Waals surface area contributed by atoms with Crippen LogP contribution in [0.2, 0.25) is 0 Å². The van der Waals surface area contributed by atoms with Gasteiger partial charge in [0.1, 0.15) is 0 Å². The van der Waals surface area contributed by atoms with E-state index in [1.165, 1.54) is 5.56 Å². The van der Waals surface area contributed by atoms with Crippen molar-refractivity contribution in [2.75, 3.05) is 0 Å². The summed E-state index contributed by atoms with van der Waals surface area (Å²) in [5.41, 5.74) is 5.07. The molecule has 0 aromatic heterocycles. The molecule has 0 aliphatic rings. The third-order valence-corrected chi connectivity index (χ3v) is 2.86. The second-order valence-electron chi connectivity index (χ2n) is 3.23. The van der Waals surface area contributed by atoms with Crippen LogP contribution in [0, 0.1) is 0 Å². The Hall–Kier alpha value is -0.870. The van der Waals surface area contributed by atoms with E-state index in [1.54, 1.807) is 11.8 Å². The average molecular weight is 238 g/mol. The molecule has 0 heterocycles. The first-order valence-corrected chi connectivity index (χ1v) is 6.05. The van der Waals surface area contributed by atoms with Gasteiger partial charge < -0.3 is 0 Å². The molecule has 2 nitrogen and oxygen atoms in total. The maximum Gasteiger partial charge on any atom is 0.154 e. The third-order valence-electron chi connectivity index (χ3n) is 1.58. The van der Waals surface area contributed by atoms with Gasteiger partial charge >= 0.3 is 0 Å². The second-order valence-corrected chi connectivity index (χ2v) is 4.88. The number of nitrogens with one attached hydrogen (secondary N) is 1. The molecular formula is C11H14N2S2. The highest BCUT2D eigenvalue weighted by molar-refractivity contribution is 8.22. The first kappa shape index (κ1) is 12.2. The SMILES string of the molecule is CC(C)=NNC(=S)SCc1ccccc1. The van der Waals surface area contributed by atoms with Crippen molar-refractivity contribution >= 4 is 34.0 Å². The molecule has 1 aromatic carbocycles. The fourth-order valence-electron chi connectivity index (χ4n) is 0.913. The van der Waals surface area contributed by atoms with E-state index in [-0.39, 0.29) is 0 Å². The van der Waals surface area contributed by atoms with Crippen LogP contribution in [-0.4, -0.2) is 10.0 Å². The van der Waals surface area contributed by atoms with Gasteiger partial charge in [0.25, 0.3) is 0 Å². The van der Waals surface area contributed by atoms with Crippen LogP contribution < -0.4 is 5.43 Å². The van der Waals surface area contributed by atoms with E-state index in [2.05, 4.69) is 22.7 Å². The lowest BCUT2D eigenvalue weighted by atomic mass is 10.2. The van der Waals surface area contributed by atoms with E-state index in [1.807, 2.05) is 32.0 Å². The maximum atomic E-state index is 5.12. The molecular weight excluding hydrogens is 224 g/mol. The van der Waals surface area contributed by atoms with E-state index in [4.69, 9.17) is 12.2 Å². The average Bonchev–Trinajstić information content (AvgIpc) is 2.25. The largest absolute Gasteiger partial charge is 0.262 e. The van der Waals surface area contributed by atoms with Gasteiger partial charge in [-0.3, -0.25) is 5.43 Å². The predicted octanol–water partition coefficient (Wildman–Crippen LogP) is 3.19. The molecule has 1 aromatic rings. The molecule has 0 radical (unpaired) electrons. The van der Waals surface area contributed by atoms with Crippen molar-refractivity contribution in [3.05, 3.63) is 35.9 Å². The Labute approximate surface area is 100 Å². The quantitative estimate of drug-likeness (QED) is 0.497. The van der Waals surface area contributed by atoms with Gasteiger partial charge in [0.15, 0.2) is 4.32 Å². The molecule has 0 bridgehead atoms. The van der Waals surface area contributed by atoms with Crippen LogP contribution in [0.15, 0.2) is 35.4 Å². The summed E-state index contributed by atoms with van der Waals surface area (Å²) in [5, 5.41) is 4.04. The summed E-state index contributed by atoms with van der Waals surface area (Å²) in [6, 6.07) is 10.2. The van der Waals surface area contributed by atoms with Crippen LogP contribution in [0.5, 0.6) is 0 Å².